The Bertz CT molecular complexity index is 839. The van der Waals surface area contributed by atoms with Crippen molar-refractivity contribution in [3.05, 3.63) is 41.0 Å². The first kappa shape index (κ1) is 13.3. The monoisotopic (exact) mass is 308 g/mol. The Morgan fingerprint density at radius 3 is 3.09 bits per heavy atom. The molecule has 1 aromatic carbocycles. The molecule has 0 amide bonds. The smallest absolute Gasteiger partial charge is 0.196 e. The average molecular weight is 308 g/mol. The minimum Gasteiger partial charge on any atom is -0.479 e. The van der Waals surface area contributed by atoms with E-state index in [9.17, 15) is 15.2 Å². The van der Waals surface area contributed by atoms with E-state index in [1.165, 1.54) is 6.08 Å². The summed E-state index contributed by atoms with van der Waals surface area (Å²) < 4.78 is 6.01. The van der Waals surface area contributed by atoms with Gasteiger partial charge in [-0.15, -0.1) is 0 Å². The number of carbonyl (C=O) groups is 1. The van der Waals surface area contributed by atoms with E-state index in [0.29, 0.717) is 24.2 Å². The molecule has 1 saturated heterocycles. The Labute approximate surface area is 133 Å². The number of carbonyl (C=O) groups excluding carboxylic acids is 1. The highest BCUT2D eigenvalue weighted by Crippen LogP contribution is 2.62. The van der Waals surface area contributed by atoms with E-state index in [1.54, 1.807) is 12.1 Å². The molecule has 0 saturated carbocycles. The summed E-state index contributed by atoms with van der Waals surface area (Å²) in [7, 11) is 2.01. The fourth-order valence-corrected chi connectivity index (χ4v) is 5.23. The number of likely N-dealkylation sites (tertiary alicyclic amines) is 1. The molecule has 2 aliphatic carbocycles. The molecule has 2 aliphatic heterocycles. The van der Waals surface area contributed by atoms with Crippen molar-refractivity contribution in [3.63, 3.8) is 0 Å². The van der Waals surface area contributed by atoms with E-state index in [0.717, 1.165) is 17.7 Å². The molecule has 4 aliphatic rings. The number of hydrogen-bond acceptors (Lipinski definition) is 5. The van der Waals surface area contributed by atoms with Crippen LogP contribution in [0.3, 0.4) is 0 Å². The van der Waals surface area contributed by atoms with Gasteiger partial charge in [0.15, 0.2) is 11.9 Å². The number of rotatable bonds is 0. The number of ketones is 1. The maximum Gasteiger partial charge on any atom is 0.196 e. The quantitative estimate of drug-likeness (QED) is 0.763. The largest absolute Gasteiger partial charge is 0.479 e. The van der Waals surface area contributed by atoms with Crippen LogP contribution in [0.5, 0.6) is 5.75 Å². The van der Waals surface area contributed by atoms with Crippen molar-refractivity contribution in [1.82, 2.24) is 4.90 Å². The molecule has 1 N–H and O–H groups in total. The fraction of sp³-hybridized carbons (Fsp3) is 0.444. The van der Waals surface area contributed by atoms with Crippen LogP contribution in [0.15, 0.2) is 24.3 Å². The minimum atomic E-state index is -1.13. The highest BCUT2D eigenvalue weighted by molar-refractivity contribution is 5.99. The Morgan fingerprint density at radius 1 is 1.48 bits per heavy atom. The third-order valence-corrected chi connectivity index (χ3v) is 6.28. The number of hydrogen-bond donors (Lipinski definition) is 1. The van der Waals surface area contributed by atoms with Crippen LogP contribution in [-0.2, 0) is 16.6 Å². The maximum absolute atomic E-state index is 12.5. The van der Waals surface area contributed by atoms with Gasteiger partial charge in [0.05, 0.1) is 11.0 Å². The van der Waals surface area contributed by atoms with Crippen LogP contribution in [0, 0.1) is 11.3 Å². The Kier molecular flexibility index (Phi) is 2.22. The van der Waals surface area contributed by atoms with E-state index >= 15 is 0 Å². The van der Waals surface area contributed by atoms with Gasteiger partial charge in [-0.3, -0.25) is 9.69 Å². The summed E-state index contributed by atoms with van der Waals surface area (Å²) in [5.74, 6) is 0.388. The minimum absolute atomic E-state index is 0.0851. The molecule has 4 atom stereocenters. The number of aliphatic hydroxyl groups is 1. The zero-order chi connectivity index (χ0) is 16.0. The zero-order valence-corrected chi connectivity index (χ0v) is 12.7. The van der Waals surface area contributed by atoms with Crippen LogP contribution < -0.4 is 4.74 Å². The van der Waals surface area contributed by atoms with Crippen molar-refractivity contribution >= 4 is 5.78 Å². The Morgan fingerprint density at radius 2 is 2.30 bits per heavy atom. The number of likely N-dealkylation sites (N-methyl/N-ethyl adjacent to an activating group) is 1. The average Bonchev–Trinajstić information content (AvgIpc) is 2.90. The number of nitriles is 1. The number of ether oxygens (including phenoxy) is 1. The molecule has 2 unspecified atom stereocenters. The molecule has 1 fully saturated rings. The lowest BCUT2D eigenvalue weighted by Crippen LogP contribution is -2.74. The molecular formula is C18H16N2O3. The van der Waals surface area contributed by atoms with Crippen LogP contribution in [0.2, 0.25) is 0 Å². The van der Waals surface area contributed by atoms with Crippen LogP contribution in [0.1, 0.15) is 23.1 Å². The van der Waals surface area contributed by atoms with Crippen molar-refractivity contribution in [2.24, 2.45) is 0 Å². The normalized spacial score (nSPS) is 39.6. The molecule has 5 nitrogen and oxygen atoms in total. The molecule has 5 rings (SSSR count). The lowest BCUT2D eigenvalue weighted by molar-refractivity contribution is -0.151. The SMILES string of the molecule is CN1CC[C@]23c4c5ccc(C#N)c4OC2C(=O)C=CC3(O)[C@H]1C5. The topological polar surface area (TPSA) is 73.6 Å². The van der Waals surface area contributed by atoms with Gasteiger partial charge in [-0.2, -0.15) is 5.26 Å². The van der Waals surface area contributed by atoms with Crippen molar-refractivity contribution in [2.45, 2.75) is 36.0 Å². The first-order valence-corrected chi connectivity index (χ1v) is 7.92. The third kappa shape index (κ3) is 1.22. The molecular weight excluding hydrogens is 292 g/mol. The van der Waals surface area contributed by atoms with Gasteiger partial charge in [-0.1, -0.05) is 6.07 Å². The van der Waals surface area contributed by atoms with Gasteiger partial charge in [-0.05, 0) is 50.2 Å². The van der Waals surface area contributed by atoms with Crippen LogP contribution >= 0.6 is 0 Å². The molecule has 1 aromatic rings. The van der Waals surface area contributed by atoms with Gasteiger partial charge in [0.25, 0.3) is 0 Å². The highest BCUT2D eigenvalue weighted by atomic mass is 16.5. The van der Waals surface area contributed by atoms with E-state index in [2.05, 4.69) is 11.0 Å². The molecule has 5 heteroatoms. The summed E-state index contributed by atoms with van der Waals surface area (Å²) in [6.07, 6.45) is 3.74. The predicted octanol–water partition coefficient (Wildman–Crippen LogP) is 0.687. The fourth-order valence-electron chi connectivity index (χ4n) is 5.23. The van der Waals surface area contributed by atoms with Gasteiger partial charge < -0.3 is 9.84 Å². The summed E-state index contributed by atoms with van der Waals surface area (Å²) in [5.41, 5.74) is 0.536. The van der Waals surface area contributed by atoms with Crippen LogP contribution in [-0.4, -0.2) is 47.1 Å². The van der Waals surface area contributed by atoms with Crippen LogP contribution in [0.4, 0.5) is 0 Å². The summed E-state index contributed by atoms with van der Waals surface area (Å²) in [6.45, 7) is 0.795. The predicted molar refractivity (Wildman–Crippen MR) is 81.1 cm³/mol. The van der Waals surface area contributed by atoms with Gasteiger partial charge >= 0.3 is 0 Å². The molecule has 116 valence electrons. The first-order valence-electron chi connectivity index (χ1n) is 7.92. The van der Waals surface area contributed by atoms with Gasteiger partial charge in [0.2, 0.25) is 0 Å². The highest BCUT2D eigenvalue weighted by Gasteiger charge is 2.71. The number of benzene rings is 1. The molecule has 2 bridgehead atoms. The second-order valence-corrected chi connectivity index (χ2v) is 7.07. The molecule has 2 heterocycles. The van der Waals surface area contributed by atoms with Crippen molar-refractivity contribution < 1.29 is 14.6 Å². The second-order valence-electron chi connectivity index (χ2n) is 7.07. The third-order valence-electron chi connectivity index (χ3n) is 6.28. The van der Waals surface area contributed by atoms with Crippen LogP contribution in [0.25, 0.3) is 0 Å². The van der Waals surface area contributed by atoms with Gasteiger partial charge in [0.1, 0.15) is 17.4 Å². The van der Waals surface area contributed by atoms with E-state index in [-0.39, 0.29) is 11.8 Å². The summed E-state index contributed by atoms with van der Waals surface area (Å²) in [6, 6.07) is 5.80. The Hall–Kier alpha value is -2.16. The lowest BCUT2D eigenvalue weighted by Gasteiger charge is -2.60. The van der Waals surface area contributed by atoms with Crippen molar-refractivity contribution in [2.75, 3.05) is 13.6 Å². The molecule has 1 spiro atoms. The van der Waals surface area contributed by atoms with E-state index in [1.807, 2.05) is 13.1 Å². The molecule has 0 aromatic heterocycles. The first-order chi connectivity index (χ1) is 11.0. The summed E-state index contributed by atoms with van der Waals surface area (Å²) >= 11 is 0. The summed E-state index contributed by atoms with van der Waals surface area (Å²) in [4.78, 5) is 14.7. The molecule has 0 radical (unpaired) electrons. The zero-order valence-electron chi connectivity index (χ0n) is 12.7. The standard InChI is InChI=1S/C18H16N2O3/c1-20-7-6-17-14-10-2-3-11(9-19)15(14)23-16(17)12(21)4-5-18(17,22)13(20)8-10/h2-5,13,16,22H,6-8H2,1H3/t13-,16?,17+,18?/m1/s1. The van der Waals surface area contributed by atoms with Crippen molar-refractivity contribution in [1.29, 1.82) is 5.26 Å². The molecule has 23 heavy (non-hydrogen) atoms. The van der Waals surface area contributed by atoms with E-state index < -0.39 is 17.1 Å². The summed E-state index contributed by atoms with van der Waals surface area (Å²) in [5, 5.41) is 21.0. The lowest BCUT2D eigenvalue weighted by atomic mass is 9.51. The maximum atomic E-state index is 12.5. The van der Waals surface area contributed by atoms with Gasteiger partial charge in [0, 0.05) is 11.6 Å². The number of piperidine rings is 1. The number of nitrogens with zero attached hydrogens (tertiary/aromatic N) is 2. The van der Waals surface area contributed by atoms with Gasteiger partial charge in [-0.25, -0.2) is 0 Å². The second kappa shape index (κ2) is 3.84. The van der Waals surface area contributed by atoms with E-state index in [4.69, 9.17) is 4.74 Å². The Balaban J connectivity index is 1.91. The van der Waals surface area contributed by atoms with Crippen molar-refractivity contribution in [3.8, 4) is 11.8 Å².